The lowest BCUT2D eigenvalue weighted by atomic mass is 10.1. The van der Waals surface area contributed by atoms with Crippen molar-refractivity contribution in [2.75, 3.05) is 7.11 Å². The SMILES string of the molecule is COc1cc(CNC(=O)c2ccc(OCc3c(C)noc3C)cc2)ccc1OC(F)F. The summed E-state index contributed by atoms with van der Waals surface area (Å²) in [4.78, 5) is 12.4. The van der Waals surface area contributed by atoms with Gasteiger partial charge in [0.15, 0.2) is 11.5 Å². The summed E-state index contributed by atoms with van der Waals surface area (Å²) in [6, 6.07) is 11.2. The van der Waals surface area contributed by atoms with E-state index in [9.17, 15) is 13.6 Å². The van der Waals surface area contributed by atoms with E-state index in [1.165, 1.54) is 19.2 Å². The number of aromatic nitrogens is 1. The molecule has 1 N–H and O–H groups in total. The van der Waals surface area contributed by atoms with Crippen LogP contribution in [0.5, 0.6) is 17.2 Å². The molecule has 164 valence electrons. The lowest BCUT2D eigenvalue weighted by molar-refractivity contribution is -0.0512. The van der Waals surface area contributed by atoms with E-state index in [0.717, 1.165) is 11.3 Å². The van der Waals surface area contributed by atoms with Crippen molar-refractivity contribution >= 4 is 5.91 Å². The van der Waals surface area contributed by atoms with Gasteiger partial charge in [-0.25, -0.2) is 0 Å². The molecule has 3 aromatic rings. The van der Waals surface area contributed by atoms with Crippen LogP contribution in [0.1, 0.15) is 32.9 Å². The van der Waals surface area contributed by atoms with E-state index in [1.807, 2.05) is 13.8 Å². The van der Waals surface area contributed by atoms with E-state index in [-0.39, 0.29) is 24.0 Å². The number of nitrogens with one attached hydrogen (secondary N) is 1. The Morgan fingerprint density at radius 1 is 1.13 bits per heavy atom. The molecule has 0 aliphatic heterocycles. The number of alkyl halides is 2. The van der Waals surface area contributed by atoms with E-state index in [2.05, 4.69) is 15.2 Å². The maximum atomic E-state index is 12.4. The van der Waals surface area contributed by atoms with Crippen LogP contribution in [0.2, 0.25) is 0 Å². The first kappa shape index (κ1) is 22.1. The molecule has 0 saturated carbocycles. The van der Waals surface area contributed by atoms with Crippen LogP contribution in [0.25, 0.3) is 0 Å². The number of ether oxygens (including phenoxy) is 3. The highest BCUT2D eigenvalue weighted by Crippen LogP contribution is 2.29. The lowest BCUT2D eigenvalue weighted by Crippen LogP contribution is -2.22. The van der Waals surface area contributed by atoms with E-state index in [4.69, 9.17) is 14.0 Å². The minimum atomic E-state index is -2.95. The topological polar surface area (TPSA) is 82.8 Å². The Labute approximate surface area is 177 Å². The number of carbonyl (C=O) groups is 1. The summed E-state index contributed by atoms with van der Waals surface area (Å²) in [5, 5.41) is 6.65. The predicted molar refractivity (Wildman–Crippen MR) is 108 cm³/mol. The summed E-state index contributed by atoms with van der Waals surface area (Å²) in [5.74, 6) is 1.12. The predicted octanol–water partition coefficient (Wildman–Crippen LogP) is 4.41. The molecule has 7 nitrogen and oxygen atoms in total. The number of hydrogen-bond acceptors (Lipinski definition) is 6. The average Bonchev–Trinajstić information content (AvgIpc) is 3.08. The van der Waals surface area contributed by atoms with Crippen molar-refractivity contribution in [3.05, 3.63) is 70.6 Å². The summed E-state index contributed by atoms with van der Waals surface area (Å²) in [6.07, 6.45) is 0. The maximum absolute atomic E-state index is 12.4. The second kappa shape index (κ2) is 9.92. The number of aryl methyl sites for hydroxylation is 2. The zero-order chi connectivity index (χ0) is 22.4. The molecule has 1 aromatic heterocycles. The molecular weight excluding hydrogens is 410 g/mol. The maximum Gasteiger partial charge on any atom is 0.387 e. The average molecular weight is 432 g/mol. The Bertz CT molecular complexity index is 1020. The third kappa shape index (κ3) is 5.71. The molecule has 0 saturated heterocycles. The van der Waals surface area contributed by atoms with Crippen LogP contribution in [-0.4, -0.2) is 24.8 Å². The number of hydrogen-bond donors (Lipinski definition) is 1. The lowest BCUT2D eigenvalue weighted by Gasteiger charge is -2.12. The third-order valence-electron chi connectivity index (χ3n) is 4.58. The highest BCUT2D eigenvalue weighted by atomic mass is 19.3. The number of carbonyl (C=O) groups excluding carboxylic acids is 1. The van der Waals surface area contributed by atoms with Gasteiger partial charge in [-0.2, -0.15) is 8.78 Å². The molecule has 0 atom stereocenters. The second-order valence-electron chi connectivity index (χ2n) is 6.66. The van der Waals surface area contributed by atoms with Crippen molar-refractivity contribution in [1.82, 2.24) is 10.5 Å². The van der Waals surface area contributed by atoms with Crippen LogP contribution >= 0.6 is 0 Å². The minimum absolute atomic E-state index is 0.0697. The molecule has 31 heavy (non-hydrogen) atoms. The summed E-state index contributed by atoms with van der Waals surface area (Å²) in [6.45, 7) is 1.23. The molecule has 0 unspecified atom stereocenters. The van der Waals surface area contributed by atoms with Gasteiger partial charge in [0.1, 0.15) is 18.1 Å². The van der Waals surface area contributed by atoms with Gasteiger partial charge in [-0.3, -0.25) is 4.79 Å². The number of nitrogens with zero attached hydrogens (tertiary/aromatic N) is 1. The molecule has 9 heteroatoms. The van der Waals surface area contributed by atoms with Crippen LogP contribution in [0.3, 0.4) is 0 Å². The van der Waals surface area contributed by atoms with Gasteiger partial charge in [-0.15, -0.1) is 0 Å². The fourth-order valence-corrected chi connectivity index (χ4v) is 2.87. The van der Waals surface area contributed by atoms with Crippen LogP contribution in [-0.2, 0) is 13.2 Å². The summed E-state index contributed by atoms with van der Waals surface area (Å²) < 4.78 is 45.1. The van der Waals surface area contributed by atoms with Crippen molar-refractivity contribution in [2.45, 2.75) is 33.6 Å². The zero-order valence-corrected chi connectivity index (χ0v) is 17.3. The molecule has 0 aliphatic carbocycles. The normalized spacial score (nSPS) is 10.8. The van der Waals surface area contributed by atoms with Gasteiger partial charge in [0.2, 0.25) is 0 Å². The Morgan fingerprint density at radius 3 is 2.48 bits per heavy atom. The first-order valence-electron chi connectivity index (χ1n) is 9.42. The van der Waals surface area contributed by atoms with Gasteiger partial charge in [-0.1, -0.05) is 11.2 Å². The van der Waals surface area contributed by atoms with Crippen molar-refractivity contribution < 1.29 is 32.3 Å². The van der Waals surface area contributed by atoms with Crippen molar-refractivity contribution in [3.8, 4) is 17.2 Å². The summed E-state index contributed by atoms with van der Waals surface area (Å²) >= 11 is 0. The van der Waals surface area contributed by atoms with Gasteiger partial charge >= 0.3 is 6.61 Å². The fraction of sp³-hybridized carbons (Fsp3) is 0.273. The van der Waals surface area contributed by atoms with Crippen molar-refractivity contribution in [3.63, 3.8) is 0 Å². The van der Waals surface area contributed by atoms with Crippen LogP contribution in [0, 0.1) is 13.8 Å². The molecule has 0 spiro atoms. The minimum Gasteiger partial charge on any atom is -0.493 e. The van der Waals surface area contributed by atoms with Crippen LogP contribution in [0.4, 0.5) is 8.78 Å². The molecule has 1 amide bonds. The molecule has 1 heterocycles. The molecule has 2 aromatic carbocycles. The molecular formula is C22H22F2N2O5. The monoisotopic (exact) mass is 432 g/mol. The van der Waals surface area contributed by atoms with Gasteiger partial charge < -0.3 is 24.1 Å². The first-order valence-corrected chi connectivity index (χ1v) is 9.42. The number of halogens is 2. The Morgan fingerprint density at radius 2 is 1.87 bits per heavy atom. The second-order valence-corrected chi connectivity index (χ2v) is 6.66. The number of rotatable bonds is 9. The van der Waals surface area contributed by atoms with E-state index in [1.54, 1.807) is 30.3 Å². The molecule has 0 radical (unpaired) electrons. The molecule has 0 aliphatic rings. The van der Waals surface area contributed by atoms with Crippen molar-refractivity contribution in [1.29, 1.82) is 0 Å². The molecule has 0 fully saturated rings. The summed E-state index contributed by atoms with van der Waals surface area (Å²) in [5.41, 5.74) is 2.79. The Hall–Kier alpha value is -3.62. The first-order chi connectivity index (χ1) is 14.9. The quantitative estimate of drug-likeness (QED) is 0.539. The number of benzene rings is 2. The molecule has 3 rings (SSSR count). The largest absolute Gasteiger partial charge is 0.493 e. The van der Waals surface area contributed by atoms with Gasteiger partial charge in [0, 0.05) is 12.1 Å². The van der Waals surface area contributed by atoms with Gasteiger partial charge in [-0.05, 0) is 55.8 Å². The highest BCUT2D eigenvalue weighted by molar-refractivity contribution is 5.94. The van der Waals surface area contributed by atoms with E-state index < -0.39 is 6.61 Å². The van der Waals surface area contributed by atoms with Gasteiger partial charge in [0.05, 0.1) is 18.4 Å². The summed E-state index contributed by atoms with van der Waals surface area (Å²) in [7, 11) is 1.35. The Balaban J connectivity index is 1.56. The fourth-order valence-electron chi connectivity index (χ4n) is 2.87. The Kier molecular flexibility index (Phi) is 7.07. The smallest absolute Gasteiger partial charge is 0.387 e. The molecule has 0 bridgehead atoms. The standard InChI is InChI=1S/C22H22F2N2O5/c1-13-18(14(2)31-26-13)12-29-17-7-5-16(6-8-17)21(27)25-11-15-4-9-19(30-22(23)24)20(10-15)28-3/h4-10,22H,11-12H2,1-3H3,(H,25,27). The number of amides is 1. The zero-order valence-electron chi connectivity index (χ0n) is 17.3. The van der Waals surface area contributed by atoms with E-state index in [0.29, 0.717) is 29.2 Å². The third-order valence-corrected chi connectivity index (χ3v) is 4.58. The van der Waals surface area contributed by atoms with Crippen molar-refractivity contribution in [2.24, 2.45) is 0 Å². The number of methoxy groups -OCH3 is 1. The van der Waals surface area contributed by atoms with Crippen LogP contribution in [0.15, 0.2) is 47.0 Å². The van der Waals surface area contributed by atoms with Gasteiger partial charge in [0.25, 0.3) is 5.91 Å². The van der Waals surface area contributed by atoms with Crippen LogP contribution < -0.4 is 19.5 Å². The van der Waals surface area contributed by atoms with E-state index >= 15 is 0 Å². The highest BCUT2D eigenvalue weighted by Gasteiger charge is 2.13.